The Labute approximate surface area is 270 Å². The molecule has 0 spiro atoms. The zero-order chi connectivity index (χ0) is 31.6. The molecule has 3 nitrogen and oxygen atoms in total. The van der Waals surface area contributed by atoms with E-state index in [1.54, 1.807) is 12.1 Å². The fraction of sp³-hybridized carbons (Fsp3) is 0. The Balaban J connectivity index is 1.34. The Morgan fingerprint density at radius 3 is 1.46 bits per heavy atom. The van der Waals surface area contributed by atoms with Crippen molar-refractivity contribution in [1.82, 2.24) is 0 Å². The molecule has 0 aliphatic carbocycles. The Hall–Kier alpha value is -6.19. The first kappa shape index (κ1) is 29.9. The molecular formula is C43H33NO2. The Morgan fingerprint density at radius 2 is 0.957 bits per heavy atom. The minimum Gasteiger partial charge on any atom is -0.423 e. The van der Waals surface area contributed by atoms with Crippen molar-refractivity contribution in [3.05, 3.63) is 205 Å². The van der Waals surface area contributed by atoms with Gasteiger partial charge in [0, 0.05) is 29.2 Å². The lowest BCUT2D eigenvalue weighted by Gasteiger charge is -2.24. The van der Waals surface area contributed by atoms with E-state index in [1.807, 2.05) is 36.4 Å². The SMILES string of the molecule is C=CC(=O)Oc1ccc(C=Cc2ccc(N(C=C(c3ccccc3)c3ccccc3)c3ccc(-c4ccccc4)cc3)cc2)cc1. The Kier molecular flexibility index (Phi) is 9.43. The third-order valence-corrected chi connectivity index (χ3v) is 7.59. The zero-order valence-corrected chi connectivity index (χ0v) is 25.4. The first-order chi connectivity index (χ1) is 22.7. The number of nitrogens with zero attached hydrogens (tertiary/aromatic N) is 1. The molecule has 46 heavy (non-hydrogen) atoms. The second-order valence-corrected chi connectivity index (χ2v) is 10.7. The van der Waals surface area contributed by atoms with E-state index in [4.69, 9.17) is 4.74 Å². The molecule has 0 unspecified atom stereocenters. The van der Waals surface area contributed by atoms with Crippen LogP contribution in [-0.4, -0.2) is 5.97 Å². The second kappa shape index (κ2) is 14.5. The molecule has 0 heterocycles. The molecule has 0 saturated carbocycles. The maximum Gasteiger partial charge on any atom is 0.335 e. The number of carbonyl (C=O) groups excluding carboxylic acids is 1. The largest absolute Gasteiger partial charge is 0.423 e. The molecule has 0 radical (unpaired) electrons. The number of esters is 1. The molecular weight excluding hydrogens is 562 g/mol. The lowest BCUT2D eigenvalue weighted by Crippen LogP contribution is -2.10. The van der Waals surface area contributed by atoms with Crippen LogP contribution >= 0.6 is 0 Å². The summed E-state index contributed by atoms with van der Waals surface area (Å²) in [4.78, 5) is 13.7. The highest BCUT2D eigenvalue weighted by atomic mass is 16.5. The van der Waals surface area contributed by atoms with Gasteiger partial charge in [-0.05, 0) is 69.8 Å². The summed E-state index contributed by atoms with van der Waals surface area (Å²) >= 11 is 0. The first-order valence-corrected chi connectivity index (χ1v) is 15.2. The average Bonchev–Trinajstić information content (AvgIpc) is 3.13. The van der Waals surface area contributed by atoms with E-state index in [9.17, 15) is 4.79 Å². The zero-order valence-electron chi connectivity index (χ0n) is 25.4. The maximum atomic E-state index is 11.5. The number of hydrogen-bond donors (Lipinski definition) is 0. The lowest BCUT2D eigenvalue weighted by molar-refractivity contribution is -0.128. The highest BCUT2D eigenvalue weighted by molar-refractivity contribution is 5.85. The van der Waals surface area contributed by atoms with Gasteiger partial charge in [0.2, 0.25) is 0 Å². The molecule has 222 valence electrons. The van der Waals surface area contributed by atoms with Gasteiger partial charge in [0.25, 0.3) is 0 Å². The fourth-order valence-corrected chi connectivity index (χ4v) is 5.17. The quantitative estimate of drug-likeness (QED) is 0.0683. The van der Waals surface area contributed by atoms with Crippen molar-refractivity contribution in [1.29, 1.82) is 0 Å². The van der Waals surface area contributed by atoms with Crippen LogP contribution in [0.3, 0.4) is 0 Å². The van der Waals surface area contributed by atoms with Crippen LogP contribution in [0.5, 0.6) is 5.75 Å². The van der Waals surface area contributed by atoms with Gasteiger partial charge in [-0.1, -0.05) is 146 Å². The summed E-state index contributed by atoms with van der Waals surface area (Å²) in [5, 5.41) is 0. The van der Waals surface area contributed by atoms with Crippen molar-refractivity contribution >= 4 is 35.1 Å². The van der Waals surface area contributed by atoms with E-state index in [-0.39, 0.29) is 0 Å². The van der Waals surface area contributed by atoms with Crippen molar-refractivity contribution in [2.75, 3.05) is 4.90 Å². The van der Waals surface area contributed by atoms with E-state index in [0.29, 0.717) is 5.75 Å². The number of hydrogen-bond acceptors (Lipinski definition) is 3. The summed E-state index contributed by atoms with van der Waals surface area (Å²) in [6.45, 7) is 3.44. The van der Waals surface area contributed by atoms with Crippen molar-refractivity contribution in [3.63, 3.8) is 0 Å². The summed E-state index contributed by atoms with van der Waals surface area (Å²) in [6.07, 6.45) is 7.49. The second-order valence-electron chi connectivity index (χ2n) is 10.7. The number of anilines is 2. The van der Waals surface area contributed by atoms with Gasteiger partial charge >= 0.3 is 5.97 Å². The van der Waals surface area contributed by atoms with E-state index < -0.39 is 5.97 Å². The summed E-state index contributed by atoms with van der Waals surface area (Å²) in [6, 6.07) is 56.1. The molecule has 0 bridgehead atoms. The van der Waals surface area contributed by atoms with E-state index in [0.717, 1.165) is 45.3 Å². The lowest BCUT2D eigenvalue weighted by atomic mass is 9.98. The van der Waals surface area contributed by atoms with Gasteiger partial charge in [-0.3, -0.25) is 0 Å². The van der Waals surface area contributed by atoms with Crippen LogP contribution in [0.15, 0.2) is 183 Å². The predicted molar refractivity (Wildman–Crippen MR) is 192 cm³/mol. The summed E-state index contributed by atoms with van der Waals surface area (Å²) in [7, 11) is 0. The fourth-order valence-electron chi connectivity index (χ4n) is 5.17. The maximum absolute atomic E-state index is 11.5. The van der Waals surface area contributed by atoms with Crippen LogP contribution in [0, 0.1) is 0 Å². The van der Waals surface area contributed by atoms with Gasteiger partial charge in [0.1, 0.15) is 5.75 Å². The van der Waals surface area contributed by atoms with Crippen LogP contribution in [0.1, 0.15) is 22.3 Å². The van der Waals surface area contributed by atoms with Crippen LogP contribution in [0.4, 0.5) is 11.4 Å². The normalized spacial score (nSPS) is 10.7. The molecule has 3 heteroatoms. The number of ether oxygens (including phenoxy) is 1. The minimum atomic E-state index is -0.473. The van der Waals surface area contributed by atoms with Crippen molar-refractivity contribution in [2.45, 2.75) is 0 Å². The van der Waals surface area contributed by atoms with Gasteiger partial charge in [-0.15, -0.1) is 0 Å². The standard InChI is InChI=1S/C43H33NO2/c1-2-43(45)46-41-30-22-34(23-31-41)19-18-33-20-26-39(27-21-33)44(40-28-24-36(25-29-40)35-12-6-3-7-13-35)32-42(37-14-8-4-9-15-37)38-16-10-5-11-17-38/h2-32H,1H2. The molecule has 0 atom stereocenters. The van der Waals surface area contributed by atoms with Crippen molar-refractivity contribution in [3.8, 4) is 16.9 Å². The van der Waals surface area contributed by atoms with Gasteiger partial charge in [-0.25, -0.2) is 4.79 Å². The third kappa shape index (κ3) is 7.47. The number of benzene rings is 6. The van der Waals surface area contributed by atoms with Crippen LogP contribution < -0.4 is 9.64 Å². The summed E-state index contributed by atoms with van der Waals surface area (Å²) < 4.78 is 5.18. The van der Waals surface area contributed by atoms with Crippen LogP contribution in [0.25, 0.3) is 28.9 Å². The molecule has 6 aromatic carbocycles. The Bertz CT molecular complexity index is 1900. The predicted octanol–water partition coefficient (Wildman–Crippen LogP) is 10.8. The molecule has 0 N–H and O–H groups in total. The van der Waals surface area contributed by atoms with Gasteiger partial charge in [0.15, 0.2) is 0 Å². The third-order valence-electron chi connectivity index (χ3n) is 7.59. The average molecular weight is 596 g/mol. The van der Waals surface area contributed by atoms with Gasteiger partial charge in [0.05, 0.1) is 0 Å². The highest BCUT2D eigenvalue weighted by Gasteiger charge is 2.13. The monoisotopic (exact) mass is 595 g/mol. The molecule has 0 saturated heterocycles. The minimum absolute atomic E-state index is 0.473. The van der Waals surface area contributed by atoms with Crippen molar-refractivity contribution < 1.29 is 9.53 Å². The molecule has 6 aromatic rings. The number of carbonyl (C=O) groups is 1. The van der Waals surface area contributed by atoms with E-state index in [2.05, 4.69) is 145 Å². The van der Waals surface area contributed by atoms with Gasteiger partial charge < -0.3 is 9.64 Å². The molecule has 0 aliphatic heterocycles. The van der Waals surface area contributed by atoms with Gasteiger partial charge in [-0.2, -0.15) is 0 Å². The van der Waals surface area contributed by atoms with Crippen molar-refractivity contribution in [2.24, 2.45) is 0 Å². The van der Waals surface area contributed by atoms with E-state index in [1.165, 1.54) is 11.1 Å². The molecule has 6 rings (SSSR count). The molecule has 0 fully saturated rings. The summed E-state index contributed by atoms with van der Waals surface area (Å²) in [5.41, 5.74) is 9.95. The highest BCUT2D eigenvalue weighted by Crippen LogP contribution is 2.33. The smallest absolute Gasteiger partial charge is 0.335 e. The first-order valence-electron chi connectivity index (χ1n) is 15.2. The van der Waals surface area contributed by atoms with E-state index >= 15 is 0 Å². The molecule has 0 aromatic heterocycles. The van der Waals surface area contributed by atoms with Crippen LogP contribution in [-0.2, 0) is 4.79 Å². The molecule has 0 amide bonds. The summed E-state index contributed by atoms with van der Waals surface area (Å²) in [5.74, 6) is 0.0146. The topological polar surface area (TPSA) is 29.5 Å². The Morgan fingerprint density at radius 1 is 0.522 bits per heavy atom. The number of rotatable bonds is 10. The molecule has 0 aliphatic rings. The van der Waals surface area contributed by atoms with Crippen LogP contribution in [0.2, 0.25) is 0 Å².